The van der Waals surface area contributed by atoms with Gasteiger partial charge in [-0.3, -0.25) is 19.2 Å². The highest BCUT2D eigenvalue weighted by molar-refractivity contribution is 7.99. The van der Waals surface area contributed by atoms with Crippen LogP contribution < -0.4 is 0 Å². The molecule has 0 aliphatic carbocycles. The minimum absolute atomic E-state index is 0.107. The van der Waals surface area contributed by atoms with Crippen LogP contribution in [0.2, 0.25) is 0 Å². The first-order valence-electron chi connectivity index (χ1n) is 11.3. The van der Waals surface area contributed by atoms with Gasteiger partial charge in [0.05, 0.1) is 0 Å². The molecular formula is C25H34O9S. The van der Waals surface area contributed by atoms with Gasteiger partial charge >= 0.3 is 23.9 Å². The number of aryl methyl sites for hydroxylation is 1. The molecule has 0 saturated carbocycles. The van der Waals surface area contributed by atoms with E-state index in [9.17, 15) is 19.2 Å². The summed E-state index contributed by atoms with van der Waals surface area (Å²) in [4.78, 5) is 48.2. The fraction of sp³-hybridized carbons (Fsp3) is 0.600. The molecule has 0 amide bonds. The van der Waals surface area contributed by atoms with Crippen LogP contribution in [0, 0.1) is 6.92 Å². The molecule has 0 N–H and O–H groups in total. The van der Waals surface area contributed by atoms with Crippen LogP contribution >= 0.6 is 11.8 Å². The average Bonchev–Trinajstić information content (AvgIpc) is 2.70. The molecular weight excluding hydrogens is 476 g/mol. The number of benzene rings is 1. The maximum atomic E-state index is 12.0. The summed E-state index contributed by atoms with van der Waals surface area (Å²) < 4.78 is 27.8. The predicted octanol–water partition coefficient (Wildman–Crippen LogP) is 3.47. The van der Waals surface area contributed by atoms with Crippen LogP contribution in [0.4, 0.5) is 0 Å². The fourth-order valence-electron chi connectivity index (χ4n) is 3.60. The number of carbonyl (C=O) groups excluding carboxylic acids is 4. The molecule has 5 atom stereocenters. The van der Waals surface area contributed by atoms with Gasteiger partial charge in [-0.05, 0) is 29.5 Å². The van der Waals surface area contributed by atoms with Crippen molar-refractivity contribution in [1.29, 1.82) is 0 Å². The lowest BCUT2D eigenvalue weighted by atomic mass is 9.87. The number of rotatable bonds is 7. The minimum atomic E-state index is -1.18. The van der Waals surface area contributed by atoms with Gasteiger partial charge in [0, 0.05) is 32.6 Å². The smallest absolute Gasteiger partial charge is 0.303 e. The standard InChI is InChI=1S/C25H34O9S/c1-13-9-10-18(25(6,7)8)11-20(13)35-24-23(33-17(5)29)22(32-16(4)28)21(31-15(3)27)19(34-24)12-30-14(2)26/h9-11,19,21-24H,12H2,1-8H3/t19-,21-,22+,23-,24+/m1/s1. The molecule has 0 spiro atoms. The largest absolute Gasteiger partial charge is 0.463 e. The maximum absolute atomic E-state index is 12.0. The normalized spacial score (nSPS) is 24.3. The van der Waals surface area contributed by atoms with Crippen molar-refractivity contribution in [3.05, 3.63) is 29.3 Å². The predicted molar refractivity (Wildman–Crippen MR) is 128 cm³/mol. The van der Waals surface area contributed by atoms with Crippen molar-refractivity contribution >= 4 is 35.6 Å². The van der Waals surface area contributed by atoms with Gasteiger partial charge in [0.2, 0.25) is 0 Å². The van der Waals surface area contributed by atoms with E-state index in [1.807, 2.05) is 25.1 Å². The summed E-state index contributed by atoms with van der Waals surface area (Å²) in [5.74, 6) is -2.50. The Morgan fingerprint density at radius 1 is 0.857 bits per heavy atom. The first-order valence-corrected chi connectivity index (χ1v) is 12.1. The highest BCUT2D eigenvalue weighted by atomic mass is 32.2. The number of hydrogen-bond donors (Lipinski definition) is 0. The molecule has 0 radical (unpaired) electrons. The molecule has 9 nitrogen and oxygen atoms in total. The second-order valence-corrected chi connectivity index (χ2v) is 10.6. The molecule has 1 aromatic carbocycles. The quantitative estimate of drug-likeness (QED) is 0.399. The van der Waals surface area contributed by atoms with Crippen LogP contribution in [-0.2, 0) is 48.3 Å². The van der Waals surface area contributed by atoms with Crippen LogP contribution in [0.1, 0.15) is 59.6 Å². The van der Waals surface area contributed by atoms with E-state index in [2.05, 4.69) is 20.8 Å². The molecule has 1 saturated heterocycles. The second kappa shape index (κ2) is 11.9. The Kier molecular flexibility index (Phi) is 9.74. The van der Waals surface area contributed by atoms with Crippen molar-refractivity contribution in [2.24, 2.45) is 0 Å². The molecule has 10 heteroatoms. The van der Waals surface area contributed by atoms with Gasteiger partial charge in [-0.1, -0.05) is 44.7 Å². The van der Waals surface area contributed by atoms with Gasteiger partial charge in [0.1, 0.15) is 18.1 Å². The van der Waals surface area contributed by atoms with E-state index in [4.69, 9.17) is 23.7 Å². The Balaban J connectivity index is 2.54. The first-order chi connectivity index (χ1) is 16.2. The van der Waals surface area contributed by atoms with E-state index in [1.165, 1.54) is 39.5 Å². The summed E-state index contributed by atoms with van der Waals surface area (Å²) in [5, 5.41) is 0. The van der Waals surface area contributed by atoms with Crippen molar-refractivity contribution in [3.8, 4) is 0 Å². The van der Waals surface area contributed by atoms with Gasteiger partial charge in [-0.15, -0.1) is 0 Å². The van der Waals surface area contributed by atoms with Crippen molar-refractivity contribution in [1.82, 2.24) is 0 Å². The summed E-state index contributed by atoms with van der Waals surface area (Å²) in [5.41, 5.74) is 1.10. The molecule has 1 aliphatic rings. The monoisotopic (exact) mass is 510 g/mol. The maximum Gasteiger partial charge on any atom is 0.303 e. The van der Waals surface area contributed by atoms with Crippen molar-refractivity contribution in [2.75, 3.05) is 6.61 Å². The molecule has 1 fully saturated rings. The molecule has 1 heterocycles. The average molecular weight is 511 g/mol. The number of esters is 4. The summed E-state index contributed by atoms with van der Waals surface area (Å²) in [7, 11) is 0. The van der Waals surface area contributed by atoms with E-state index in [0.717, 1.165) is 16.0 Å². The summed E-state index contributed by atoms with van der Waals surface area (Å²) in [6.45, 7) is 12.8. The fourth-order valence-corrected chi connectivity index (χ4v) is 4.84. The minimum Gasteiger partial charge on any atom is -0.463 e. The van der Waals surface area contributed by atoms with E-state index >= 15 is 0 Å². The van der Waals surface area contributed by atoms with Crippen LogP contribution in [0.15, 0.2) is 23.1 Å². The number of ether oxygens (including phenoxy) is 5. The zero-order chi connectivity index (χ0) is 26.5. The Morgan fingerprint density at radius 3 is 1.91 bits per heavy atom. The zero-order valence-electron chi connectivity index (χ0n) is 21.4. The van der Waals surface area contributed by atoms with Crippen molar-refractivity contribution < 1.29 is 42.9 Å². The molecule has 1 aliphatic heterocycles. The Morgan fingerprint density at radius 2 is 1.40 bits per heavy atom. The summed E-state index contributed by atoms with van der Waals surface area (Å²) in [6.07, 6.45) is -4.42. The lowest BCUT2D eigenvalue weighted by Gasteiger charge is -2.44. The number of hydrogen-bond acceptors (Lipinski definition) is 10. The van der Waals surface area contributed by atoms with Crippen LogP contribution in [0.25, 0.3) is 0 Å². The van der Waals surface area contributed by atoms with Crippen LogP contribution in [0.3, 0.4) is 0 Å². The van der Waals surface area contributed by atoms with E-state index < -0.39 is 53.7 Å². The summed E-state index contributed by atoms with van der Waals surface area (Å²) in [6, 6.07) is 6.08. The van der Waals surface area contributed by atoms with Crippen LogP contribution in [0.5, 0.6) is 0 Å². The number of thioether (sulfide) groups is 1. The number of carbonyl (C=O) groups is 4. The Bertz CT molecular complexity index is 953. The molecule has 0 aromatic heterocycles. The van der Waals surface area contributed by atoms with Gasteiger partial charge in [-0.25, -0.2) is 0 Å². The van der Waals surface area contributed by atoms with E-state index in [0.29, 0.717) is 0 Å². The third-order valence-corrected chi connectivity index (χ3v) is 6.55. The lowest BCUT2D eigenvalue weighted by Crippen LogP contribution is -2.61. The van der Waals surface area contributed by atoms with Crippen molar-refractivity contribution in [2.45, 2.75) is 95.6 Å². The topological polar surface area (TPSA) is 114 Å². The third kappa shape index (κ3) is 8.24. The zero-order valence-corrected chi connectivity index (χ0v) is 22.2. The molecule has 35 heavy (non-hydrogen) atoms. The summed E-state index contributed by atoms with van der Waals surface area (Å²) >= 11 is 1.29. The van der Waals surface area contributed by atoms with Gasteiger partial charge in [0.25, 0.3) is 0 Å². The first kappa shape index (κ1) is 28.6. The molecule has 194 valence electrons. The van der Waals surface area contributed by atoms with Crippen molar-refractivity contribution in [3.63, 3.8) is 0 Å². The third-order valence-electron chi connectivity index (χ3n) is 5.25. The Hall–Kier alpha value is -2.59. The molecule has 0 unspecified atom stereocenters. The second-order valence-electron chi connectivity index (χ2n) is 9.42. The Labute approximate surface area is 210 Å². The molecule has 1 aromatic rings. The highest BCUT2D eigenvalue weighted by Gasteiger charge is 2.52. The van der Waals surface area contributed by atoms with Gasteiger partial charge in [0.15, 0.2) is 18.3 Å². The molecule has 2 rings (SSSR count). The van der Waals surface area contributed by atoms with Crippen LogP contribution in [-0.4, -0.2) is 60.3 Å². The SMILES string of the molecule is CC(=O)OC[C@H]1O[C@@H](Sc2cc(C(C)(C)C)ccc2C)[C@H](OC(C)=O)[C@@H](OC(C)=O)[C@@H]1OC(C)=O. The van der Waals surface area contributed by atoms with Gasteiger partial charge < -0.3 is 23.7 Å². The lowest BCUT2D eigenvalue weighted by molar-refractivity contribution is -0.237. The van der Waals surface area contributed by atoms with Gasteiger partial charge in [-0.2, -0.15) is 0 Å². The molecule has 0 bridgehead atoms. The highest BCUT2D eigenvalue weighted by Crippen LogP contribution is 2.40. The van der Waals surface area contributed by atoms with E-state index in [-0.39, 0.29) is 12.0 Å². The van der Waals surface area contributed by atoms with E-state index in [1.54, 1.807) is 0 Å².